The number of hydrogen-bond donors (Lipinski definition) is 6. The first-order valence-corrected chi connectivity index (χ1v) is 14.4. The largest absolute Gasteiger partial charge is 0.507 e. The van der Waals surface area contributed by atoms with Crippen molar-refractivity contribution in [2.24, 2.45) is 0 Å². The standard InChI is InChI=1S/C31H37NO12/c1-14-26(36)18(32(7-9-33)8-10-34)11-21(43-14)44-20-13-31(41,15(2)35)12-17-23(20)30(40)25-24(28(17)38)27(37)16-5-4-6-19(42-3)22(16)29(25)39/h4-6,14,18,20-21,26,33-34,36,38,40-41H,7-13H2,1-3H3/t14?,18?,20-,21?,26?,31-/m0/s1. The van der Waals surface area contributed by atoms with E-state index in [1.165, 1.54) is 32.2 Å². The van der Waals surface area contributed by atoms with E-state index in [9.17, 15) is 45.0 Å². The highest BCUT2D eigenvalue weighted by Crippen LogP contribution is 2.52. The first kappa shape index (κ1) is 32.0. The molecule has 13 heteroatoms. The van der Waals surface area contributed by atoms with E-state index in [-0.39, 0.29) is 67.1 Å². The fourth-order valence-electron chi connectivity index (χ4n) is 6.66. The van der Waals surface area contributed by atoms with Crippen molar-refractivity contribution in [2.75, 3.05) is 33.4 Å². The maximum Gasteiger partial charge on any atom is 0.202 e. The number of nitrogens with zero attached hydrogens (tertiary/aromatic N) is 1. The van der Waals surface area contributed by atoms with E-state index < -0.39 is 82.6 Å². The molecule has 1 fully saturated rings. The molecule has 4 unspecified atom stereocenters. The van der Waals surface area contributed by atoms with Crippen LogP contribution >= 0.6 is 0 Å². The van der Waals surface area contributed by atoms with E-state index in [1.807, 2.05) is 0 Å². The van der Waals surface area contributed by atoms with Crippen LogP contribution in [0.4, 0.5) is 0 Å². The summed E-state index contributed by atoms with van der Waals surface area (Å²) in [6, 6.07) is 3.79. The second-order valence-corrected chi connectivity index (χ2v) is 11.5. The molecule has 6 N–H and O–H groups in total. The van der Waals surface area contributed by atoms with E-state index in [1.54, 1.807) is 11.8 Å². The number of carbonyl (C=O) groups excluding carboxylic acids is 3. The number of carbonyl (C=O) groups is 3. The molecule has 5 rings (SSSR count). The Labute approximate surface area is 253 Å². The van der Waals surface area contributed by atoms with Crippen molar-refractivity contribution in [3.05, 3.63) is 51.6 Å². The average Bonchev–Trinajstić information content (AvgIpc) is 2.98. The van der Waals surface area contributed by atoms with Crippen LogP contribution in [0.3, 0.4) is 0 Å². The van der Waals surface area contributed by atoms with Crippen LogP contribution in [-0.2, 0) is 20.7 Å². The number of ketones is 3. The molecule has 6 atom stereocenters. The smallest absolute Gasteiger partial charge is 0.202 e. The number of phenols is 2. The molecule has 0 spiro atoms. The number of Topliss-reactive ketones (excluding diaryl/α,β-unsaturated/α-hetero) is 1. The Morgan fingerprint density at radius 2 is 1.73 bits per heavy atom. The first-order valence-electron chi connectivity index (χ1n) is 14.4. The van der Waals surface area contributed by atoms with Gasteiger partial charge in [-0.1, -0.05) is 12.1 Å². The molecule has 13 nitrogen and oxygen atoms in total. The monoisotopic (exact) mass is 615 g/mol. The predicted octanol–water partition coefficient (Wildman–Crippen LogP) is 0.357. The molecular formula is C31H37NO12. The molecule has 2 aliphatic carbocycles. The Balaban J connectivity index is 1.61. The van der Waals surface area contributed by atoms with Gasteiger partial charge in [-0.2, -0.15) is 0 Å². The highest BCUT2D eigenvalue weighted by Gasteiger charge is 2.50. The molecule has 238 valence electrons. The molecule has 0 bridgehead atoms. The van der Waals surface area contributed by atoms with Gasteiger partial charge in [0.15, 0.2) is 17.9 Å². The molecule has 0 amide bonds. The maximum atomic E-state index is 13.8. The van der Waals surface area contributed by atoms with Crippen LogP contribution in [0.25, 0.3) is 0 Å². The minimum Gasteiger partial charge on any atom is -0.507 e. The number of hydrogen-bond acceptors (Lipinski definition) is 13. The van der Waals surface area contributed by atoms with Gasteiger partial charge in [0.1, 0.15) is 22.8 Å². The van der Waals surface area contributed by atoms with E-state index >= 15 is 0 Å². The lowest BCUT2D eigenvalue weighted by Gasteiger charge is -2.45. The van der Waals surface area contributed by atoms with Crippen LogP contribution < -0.4 is 4.74 Å². The van der Waals surface area contributed by atoms with Gasteiger partial charge in [0.2, 0.25) is 5.78 Å². The SMILES string of the molecule is COc1cccc2c1C(=O)c1c(O)c3c(c(O)c1C2=O)C[C@@](O)(C(C)=O)C[C@@H]3OC1CC(N(CCO)CCO)C(O)C(C)O1. The summed E-state index contributed by atoms with van der Waals surface area (Å²) < 4.78 is 17.5. The highest BCUT2D eigenvalue weighted by molar-refractivity contribution is 6.31. The molecule has 3 aliphatic rings. The number of aliphatic hydroxyl groups is 4. The number of ether oxygens (including phenoxy) is 3. The van der Waals surface area contributed by atoms with E-state index in [2.05, 4.69) is 0 Å². The molecule has 1 heterocycles. The minimum absolute atomic E-state index is 0.0357. The second-order valence-electron chi connectivity index (χ2n) is 11.5. The van der Waals surface area contributed by atoms with Crippen molar-refractivity contribution in [3.8, 4) is 17.2 Å². The Bertz CT molecular complexity index is 1480. The molecule has 2 aromatic carbocycles. The third-order valence-electron chi connectivity index (χ3n) is 8.97. The third-order valence-corrected chi connectivity index (χ3v) is 8.97. The summed E-state index contributed by atoms with van der Waals surface area (Å²) in [5, 5.41) is 64.5. The number of aliphatic hydroxyl groups excluding tert-OH is 3. The van der Waals surface area contributed by atoms with Crippen molar-refractivity contribution in [2.45, 2.75) is 69.4 Å². The van der Waals surface area contributed by atoms with Gasteiger partial charge in [-0.25, -0.2) is 0 Å². The van der Waals surface area contributed by atoms with Crippen molar-refractivity contribution in [1.82, 2.24) is 4.90 Å². The summed E-state index contributed by atoms with van der Waals surface area (Å²) >= 11 is 0. The summed E-state index contributed by atoms with van der Waals surface area (Å²) in [7, 11) is 1.33. The lowest BCUT2D eigenvalue weighted by Crippen LogP contribution is -2.56. The van der Waals surface area contributed by atoms with Gasteiger partial charge in [0.05, 0.1) is 55.3 Å². The van der Waals surface area contributed by atoms with Crippen molar-refractivity contribution < 1.29 is 59.2 Å². The number of phenolic OH excluding ortho intramolecular Hbond substituents is 2. The Morgan fingerprint density at radius 1 is 1.07 bits per heavy atom. The molecule has 2 aromatic rings. The zero-order valence-corrected chi connectivity index (χ0v) is 24.6. The topological polar surface area (TPSA) is 204 Å². The van der Waals surface area contributed by atoms with Gasteiger partial charge in [-0.05, 0) is 19.9 Å². The second kappa shape index (κ2) is 12.2. The Hall–Kier alpha value is -3.43. The molecule has 1 saturated heterocycles. The Morgan fingerprint density at radius 3 is 2.34 bits per heavy atom. The average molecular weight is 616 g/mol. The molecule has 0 saturated carbocycles. The van der Waals surface area contributed by atoms with Crippen LogP contribution in [-0.4, -0.2) is 116 Å². The molecular weight excluding hydrogens is 578 g/mol. The van der Waals surface area contributed by atoms with Crippen LogP contribution in [0.15, 0.2) is 18.2 Å². The van der Waals surface area contributed by atoms with Crippen LogP contribution in [0.2, 0.25) is 0 Å². The van der Waals surface area contributed by atoms with Crippen molar-refractivity contribution in [1.29, 1.82) is 0 Å². The van der Waals surface area contributed by atoms with Gasteiger partial charge in [0.25, 0.3) is 0 Å². The summed E-state index contributed by atoms with van der Waals surface area (Å²) in [6.07, 6.45) is -4.96. The van der Waals surface area contributed by atoms with Crippen molar-refractivity contribution >= 4 is 17.3 Å². The number of methoxy groups -OCH3 is 1. The summed E-state index contributed by atoms with van der Waals surface area (Å²) in [5.41, 5.74) is -3.27. The highest BCUT2D eigenvalue weighted by atomic mass is 16.7. The zero-order chi connectivity index (χ0) is 32.1. The summed E-state index contributed by atoms with van der Waals surface area (Å²) in [5.74, 6) is -3.34. The van der Waals surface area contributed by atoms with Crippen LogP contribution in [0.1, 0.15) is 75.8 Å². The van der Waals surface area contributed by atoms with Crippen molar-refractivity contribution in [3.63, 3.8) is 0 Å². The van der Waals surface area contributed by atoms with Gasteiger partial charge >= 0.3 is 0 Å². The third kappa shape index (κ3) is 5.17. The molecule has 44 heavy (non-hydrogen) atoms. The normalized spacial score (nSPS) is 28.0. The zero-order valence-electron chi connectivity index (χ0n) is 24.6. The molecule has 0 radical (unpaired) electrons. The first-order chi connectivity index (χ1) is 20.9. The Kier molecular flexibility index (Phi) is 8.84. The number of rotatable bonds is 9. The quantitative estimate of drug-likeness (QED) is 0.180. The lowest BCUT2D eigenvalue weighted by atomic mass is 9.72. The van der Waals surface area contributed by atoms with E-state index in [0.717, 1.165) is 0 Å². The fraction of sp³-hybridized carbons (Fsp3) is 0.516. The summed E-state index contributed by atoms with van der Waals surface area (Å²) in [4.78, 5) is 41.8. The maximum absolute atomic E-state index is 13.8. The number of benzene rings is 2. The van der Waals surface area contributed by atoms with E-state index in [4.69, 9.17) is 14.2 Å². The van der Waals surface area contributed by atoms with Crippen LogP contribution in [0, 0.1) is 0 Å². The lowest BCUT2D eigenvalue weighted by molar-refractivity contribution is -0.259. The van der Waals surface area contributed by atoms with Gasteiger partial charge in [-0.3, -0.25) is 19.3 Å². The molecule has 1 aliphatic heterocycles. The summed E-state index contributed by atoms with van der Waals surface area (Å²) in [6.45, 7) is 2.62. The molecule has 0 aromatic heterocycles. The number of aromatic hydroxyl groups is 2. The van der Waals surface area contributed by atoms with Gasteiger partial charge in [-0.15, -0.1) is 0 Å². The van der Waals surface area contributed by atoms with Crippen LogP contribution in [0.5, 0.6) is 17.2 Å². The number of fused-ring (bicyclic) bond motifs is 3. The predicted molar refractivity (Wildman–Crippen MR) is 152 cm³/mol. The van der Waals surface area contributed by atoms with Gasteiger partial charge in [0, 0.05) is 55.1 Å². The minimum atomic E-state index is -2.06. The van der Waals surface area contributed by atoms with Gasteiger partial charge < -0.3 is 44.8 Å². The van der Waals surface area contributed by atoms with E-state index in [0.29, 0.717) is 0 Å². The fourth-order valence-corrected chi connectivity index (χ4v) is 6.66.